The highest BCUT2D eigenvalue weighted by Gasteiger charge is 2.28. The van der Waals surface area contributed by atoms with Crippen molar-refractivity contribution in [2.75, 3.05) is 39.9 Å². The zero-order valence-electron chi connectivity index (χ0n) is 16.6. The third-order valence-corrected chi connectivity index (χ3v) is 4.46. The van der Waals surface area contributed by atoms with Crippen LogP contribution < -0.4 is 10.1 Å². The van der Waals surface area contributed by atoms with E-state index in [4.69, 9.17) is 9.47 Å². The standard InChI is InChI=1S/C20H31N3O3.HI/c1-4-25-18-10-6-8-16(14-18)11-12-22-20(21-3)23-13-7-9-17(15-23)19(24)26-5-2;/h6,8,10,14,17H,4-5,7,9,11-13,15H2,1-3H3,(H,21,22);1H/t17-;/m1./s1. The van der Waals surface area contributed by atoms with E-state index in [1.807, 2.05) is 26.0 Å². The fraction of sp³-hybridized carbons (Fsp3) is 0.600. The minimum Gasteiger partial charge on any atom is -0.494 e. The molecule has 1 aromatic carbocycles. The molecule has 2 rings (SSSR count). The third kappa shape index (κ3) is 7.56. The van der Waals surface area contributed by atoms with Crippen LogP contribution in [0.4, 0.5) is 0 Å². The number of esters is 1. The van der Waals surface area contributed by atoms with E-state index < -0.39 is 0 Å². The van der Waals surface area contributed by atoms with Crippen molar-refractivity contribution in [1.82, 2.24) is 10.2 Å². The average molecular weight is 489 g/mol. The van der Waals surface area contributed by atoms with Crippen LogP contribution in [-0.2, 0) is 16.0 Å². The molecule has 1 aliphatic heterocycles. The molecular formula is C20H32IN3O3. The van der Waals surface area contributed by atoms with Gasteiger partial charge in [-0.1, -0.05) is 12.1 Å². The number of nitrogens with zero attached hydrogens (tertiary/aromatic N) is 2. The van der Waals surface area contributed by atoms with Gasteiger partial charge in [0, 0.05) is 26.7 Å². The second-order valence-corrected chi connectivity index (χ2v) is 6.34. The lowest BCUT2D eigenvalue weighted by molar-refractivity contribution is -0.149. The molecule has 7 heteroatoms. The van der Waals surface area contributed by atoms with Crippen LogP contribution in [0.3, 0.4) is 0 Å². The smallest absolute Gasteiger partial charge is 0.310 e. The number of piperidine rings is 1. The van der Waals surface area contributed by atoms with Gasteiger partial charge >= 0.3 is 5.97 Å². The zero-order chi connectivity index (χ0) is 18.8. The van der Waals surface area contributed by atoms with Crippen molar-refractivity contribution in [2.45, 2.75) is 33.1 Å². The molecular weight excluding hydrogens is 457 g/mol. The predicted octanol–water partition coefficient (Wildman–Crippen LogP) is 3.10. The van der Waals surface area contributed by atoms with Gasteiger partial charge in [0.05, 0.1) is 19.1 Å². The molecule has 0 unspecified atom stereocenters. The monoisotopic (exact) mass is 489 g/mol. The molecule has 1 atom stereocenters. The zero-order valence-corrected chi connectivity index (χ0v) is 18.9. The summed E-state index contributed by atoms with van der Waals surface area (Å²) in [7, 11) is 1.78. The second kappa shape index (κ2) is 12.8. The van der Waals surface area contributed by atoms with Crippen LogP contribution in [-0.4, -0.2) is 56.7 Å². The number of benzene rings is 1. The first-order valence-corrected chi connectivity index (χ1v) is 9.51. The first kappa shape index (κ1) is 23.5. The Kier molecular flexibility index (Phi) is 11.2. The van der Waals surface area contributed by atoms with Crippen molar-refractivity contribution in [2.24, 2.45) is 10.9 Å². The van der Waals surface area contributed by atoms with Gasteiger partial charge in [0.25, 0.3) is 0 Å². The summed E-state index contributed by atoms with van der Waals surface area (Å²) in [6.07, 6.45) is 2.74. The fourth-order valence-electron chi connectivity index (χ4n) is 3.23. The Balaban J connectivity index is 0.00000364. The second-order valence-electron chi connectivity index (χ2n) is 6.34. The van der Waals surface area contributed by atoms with Crippen LogP contribution in [0.15, 0.2) is 29.3 Å². The normalized spacial score (nSPS) is 17.1. The van der Waals surface area contributed by atoms with Crippen LogP contribution >= 0.6 is 24.0 Å². The van der Waals surface area contributed by atoms with E-state index in [9.17, 15) is 4.79 Å². The molecule has 152 valence electrons. The lowest BCUT2D eigenvalue weighted by atomic mass is 9.98. The maximum absolute atomic E-state index is 12.0. The molecule has 1 aromatic rings. The van der Waals surface area contributed by atoms with Crippen molar-refractivity contribution >= 4 is 35.9 Å². The van der Waals surface area contributed by atoms with Crippen molar-refractivity contribution in [3.05, 3.63) is 29.8 Å². The van der Waals surface area contributed by atoms with Crippen LogP contribution in [0, 0.1) is 5.92 Å². The summed E-state index contributed by atoms with van der Waals surface area (Å²) in [4.78, 5) is 18.6. The molecule has 0 amide bonds. The van der Waals surface area contributed by atoms with Gasteiger partial charge < -0.3 is 19.7 Å². The Morgan fingerprint density at radius 3 is 2.85 bits per heavy atom. The Morgan fingerprint density at radius 1 is 1.33 bits per heavy atom. The summed E-state index contributed by atoms with van der Waals surface area (Å²) in [5.41, 5.74) is 1.22. The number of aliphatic imine (C=N–C) groups is 1. The van der Waals surface area contributed by atoms with E-state index in [1.165, 1.54) is 5.56 Å². The van der Waals surface area contributed by atoms with Crippen molar-refractivity contribution in [1.29, 1.82) is 0 Å². The third-order valence-electron chi connectivity index (χ3n) is 4.46. The number of likely N-dealkylation sites (tertiary alicyclic amines) is 1. The quantitative estimate of drug-likeness (QED) is 0.276. The number of halogens is 1. The van der Waals surface area contributed by atoms with E-state index in [0.717, 1.165) is 44.1 Å². The van der Waals surface area contributed by atoms with Crippen molar-refractivity contribution < 1.29 is 14.3 Å². The van der Waals surface area contributed by atoms with E-state index in [-0.39, 0.29) is 35.9 Å². The van der Waals surface area contributed by atoms with Crippen molar-refractivity contribution in [3.8, 4) is 5.75 Å². The molecule has 27 heavy (non-hydrogen) atoms. The number of carbonyl (C=O) groups is 1. The lowest BCUT2D eigenvalue weighted by Crippen LogP contribution is -2.48. The topological polar surface area (TPSA) is 63.2 Å². The van der Waals surface area contributed by atoms with Crippen LogP contribution in [0.5, 0.6) is 5.75 Å². The maximum atomic E-state index is 12.0. The van der Waals surface area contributed by atoms with Gasteiger partial charge in [-0.3, -0.25) is 9.79 Å². The van der Waals surface area contributed by atoms with Crippen molar-refractivity contribution in [3.63, 3.8) is 0 Å². The summed E-state index contributed by atoms with van der Waals surface area (Å²) >= 11 is 0. The first-order valence-electron chi connectivity index (χ1n) is 9.51. The van der Waals surface area contributed by atoms with Gasteiger partial charge in [-0.05, 0) is 50.8 Å². The number of rotatable bonds is 7. The largest absolute Gasteiger partial charge is 0.494 e. The van der Waals surface area contributed by atoms with Gasteiger partial charge in [0.2, 0.25) is 0 Å². The molecule has 0 radical (unpaired) electrons. The Bertz CT molecular complexity index is 610. The molecule has 1 saturated heterocycles. The number of ether oxygens (including phenoxy) is 2. The number of carbonyl (C=O) groups excluding carboxylic acids is 1. The predicted molar refractivity (Wildman–Crippen MR) is 119 cm³/mol. The van der Waals surface area contributed by atoms with E-state index in [0.29, 0.717) is 19.8 Å². The van der Waals surface area contributed by atoms with E-state index in [2.05, 4.69) is 27.3 Å². The van der Waals surface area contributed by atoms with E-state index >= 15 is 0 Å². The molecule has 1 aliphatic rings. The highest BCUT2D eigenvalue weighted by Crippen LogP contribution is 2.18. The van der Waals surface area contributed by atoms with Crippen LogP contribution in [0.2, 0.25) is 0 Å². The lowest BCUT2D eigenvalue weighted by Gasteiger charge is -2.34. The highest BCUT2D eigenvalue weighted by molar-refractivity contribution is 14.0. The summed E-state index contributed by atoms with van der Waals surface area (Å²) in [5, 5.41) is 3.41. The molecule has 0 bridgehead atoms. The molecule has 1 heterocycles. The molecule has 0 aromatic heterocycles. The highest BCUT2D eigenvalue weighted by atomic mass is 127. The Labute approximate surface area is 179 Å². The summed E-state index contributed by atoms with van der Waals surface area (Å²) in [5.74, 6) is 1.59. The number of hydrogen-bond donors (Lipinski definition) is 1. The van der Waals surface area contributed by atoms with Gasteiger partial charge in [0.15, 0.2) is 5.96 Å². The first-order chi connectivity index (χ1) is 12.7. The fourth-order valence-corrected chi connectivity index (χ4v) is 3.23. The average Bonchev–Trinajstić information content (AvgIpc) is 2.66. The Morgan fingerprint density at radius 2 is 2.15 bits per heavy atom. The van der Waals surface area contributed by atoms with Gasteiger partial charge in [-0.2, -0.15) is 0 Å². The number of guanidine groups is 1. The molecule has 1 fully saturated rings. The van der Waals surface area contributed by atoms with Gasteiger partial charge in [-0.15, -0.1) is 24.0 Å². The van der Waals surface area contributed by atoms with Crippen LogP contribution in [0.1, 0.15) is 32.3 Å². The maximum Gasteiger partial charge on any atom is 0.310 e. The number of nitrogens with one attached hydrogen (secondary N) is 1. The molecule has 0 aliphatic carbocycles. The molecule has 6 nitrogen and oxygen atoms in total. The minimum absolute atomic E-state index is 0. The molecule has 0 saturated carbocycles. The van der Waals surface area contributed by atoms with Crippen LogP contribution in [0.25, 0.3) is 0 Å². The van der Waals surface area contributed by atoms with E-state index in [1.54, 1.807) is 7.05 Å². The SMILES string of the molecule is CCOC(=O)[C@@H]1CCCN(C(=NC)NCCc2cccc(OCC)c2)C1.I. The molecule has 1 N–H and O–H groups in total. The minimum atomic E-state index is -0.0969. The Hall–Kier alpha value is -1.51. The summed E-state index contributed by atoms with van der Waals surface area (Å²) in [6, 6.07) is 8.17. The summed E-state index contributed by atoms with van der Waals surface area (Å²) in [6.45, 7) is 7.30. The van der Waals surface area contributed by atoms with Gasteiger partial charge in [0.1, 0.15) is 5.75 Å². The number of hydrogen-bond acceptors (Lipinski definition) is 4. The summed E-state index contributed by atoms with van der Waals surface area (Å²) < 4.78 is 10.7. The molecule has 0 spiro atoms. The van der Waals surface area contributed by atoms with Gasteiger partial charge in [-0.25, -0.2) is 0 Å².